The Labute approximate surface area is 126 Å². The van der Waals surface area contributed by atoms with E-state index < -0.39 is 0 Å². The zero-order chi connectivity index (χ0) is 14.2. The number of phenolic OH excluding ortho intramolecular Hbond substituents is 1. The smallest absolute Gasteiger partial charge is 0.142 e. The number of hydrogen-bond donors (Lipinski definition) is 2. The van der Waals surface area contributed by atoms with E-state index in [1.165, 1.54) is 28.7 Å². The van der Waals surface area contributed by atoms with Gasteiger partial charge in [0.25, 0.3) is 0 Å². The van der Waals surface area contributed by atoms with Crippen molar-refractivity contribution in [1.82, 2.24) is 9.97 Å². The topological polar surface area (TPSA) is 58.0 Å². The van der Waals surface area contributed by atoms with Crippen molar-refractivity contribution in [2.75, 3.05) is 5.32 Å². The number of aryl methyl sites for hydroxylation is 2. The molecule has 0 saturated carbocycles. The van der Waals surface area contributed by atoms with Gasteiger partial charge in [0.2, 0.25) is 0 Å². The summed E-state index contributed by atoms with van der Waals surface area (Å²) in [5, 5.41) is 13.9. The van der Waals surface area contributed by atoms with Crippen LogP contribution in [-0.2, 0) is 12.8 Å². The van der Waals surface area contributed by atoms with Crippen LogP contribution in [0, 0.1) is 0 Å². The standard InChI is InChI=1S/C16H15N3OS/c20-11-7-5-10(6-8-11)19-15-14-12-3-1-2-4-13(12)21-16(14)18-9-17-15/h5-9,20H,1-4H2,(H,17,18,19). The van der Waals surface area contributed by atoms with Gasteiger partial charge in [0, 0.05) is 10.6 Å². The molecule has 0 bridgehead atoms. The highest BCUT2D eigenvalue weighted by Crippen LogP contribution is 2.38. The molecule has 1 aliphatic rings. The first-order chi connectivity index (χ1) is 10.3. The summed E-state index contributed by atoms with van der Waals surface area (Å²) in [5.74, 6) is 1.13. The summed E-state index contributed by atoms with van der Waals surface area (Å²) < 4.78 is 0. The van der Waals surface area contributed by atoms with Crippen LogP contribution in [0.2, 0.25) is 0 Å². The van der Waals surface area contributed by atoms with Gasteiger partial charge < -0.3 is 10.4 Å². The summed E-state index contributed by atoms with van der Waals surface area (Å²) in [6.07, 6.45) is 6.41. The number of anilines is 2. The Kier molecular flexibility index (Phi) is 3.00. The van der Waals surface area contributed by atoms with Gasteiger partial charge >= 0.3 is 0 Å². The normalized spacial score (nSPS) is 14.1. The van der Waals surface area contributed by atoms with E-state index in [1.54, 1.807) is 29.8 Å². The van der Waals surface area contributed by atoms with E-state index in [-0.39, 0.29) is 5.75 Å². The minimum Gasteiger partial charge on any atom is -0.508 e. The predicted molar refractivity (Wildman–Crippen MR) is 85.4 cm³/mol. The Morgan fingerprint density at radius 2 is 1.86 bits per heavy atom. The zero-order valence-corrected chi connectivity index (χ0v) is 12.3. The molecular weight excluding hydrogens is 282 g/mol. The number of rotatable bonds is 2. The van der Waals surface area contributed by atoms with Gasteiger partial charge in [0.1, 0.15) is 22.7 Å². The highest BCUT2D eigenvalue weighted by Gasteiger charge is 2.19. The molecule has 106 valence electrons. The average molecular weight is 297 g/mol. The van der Waals surface area contributed by atoms with Crippen molar-refractivity contribution in [3.05, 3.63) is 41.0 Å². The lowest BCUT2D eigenvalue weighted by molar-refractivity contribution is 0.475. The second-order valence-corrected chi connectivity index (χ2v) is 6.37. The summed E-state index contributed by atoms with van der Waals surface area (Å²) in [5.41, 5.74) is 2.34. The number of fused-ring (bicyclic) bond motifs is 3. The molecule has 3 aromatic rings. The monoisotopic (exact) mass is 297 g/mol. The van der Waals surface area contributed by atoms with E-state index in [9.17, 15) is 5.11 Å². The van der Waals surface area contributed by atoms with Gasteiger partial charge in [-0.05, 0) is 55.5 Å². The maximum atomic E-state index is 9.37. The second-order valence-electron chi connectivity index (χ2n) is 5.29. The molecule has 5 heteroatoms. The zero-order valence-electron chi connectivity index (χ0n) is 11.5. The Balaban J connectivity index is 1.81. The number of aromatic hydroxyl groups is 1. The summed E-state index contributed by atoms with van der Waals surface area (Å²) in [6.45, 7) is 0. The fourth-order valence-electron chi connectivity index (χ4n) is 2.87. The number of thiophene rings is 1. The first-order valence-electron chi connectivity index (χ1n) is 7.12. The number of benzene rings is 1. The molecule has 21 heavy (non-hydrogen) atoms. The van der Waals surface area contributed by atoms with Crippen LogP contribution in [0.1, 0.15) is 23.3 Å². The largest absolute Gasteiger partial charge is 0.508 e. The predicted octanol–water partition coefficient (Wildman–Crippen LogP) is 4.02. The molecule has 0 atom stereocenters. The third-order valence-corrected chi connectivity index (χ3v) is 5.08. The molecule has 2 heterocycles. The van der Waals surface area contributed by atoms with Crippen molar-refractivity contribution >= 4 is 33.1 Å². The lowest BCUT2D eigenvalue weighted by Crippen LogP contribution is -2.00. The summed E-state index contributed by atoms with van der Waals surface area (Å²) in [4.78, 5) is 11.4. The van der Waals surface area contributed by atoms with Gasteiger partial charge in [-0.25, -0.2) is 9.97 Å². The van der Waals surface area contributed by atoms with Gasteiger partial charge in [-0.1, -0.05) is 0 Å². The number of phenols is 1. The molecule has 0 unspecified atom stereocenters. The second kappa shape index (κ2) is 5.00. The van der Waals surface area contributed by atoms with Crippen LogP contribution in [0.25, 0.3) is 10.2 Å². The molecule has 0 radical (unpaired) electrons. The molecule has 1 aromatic carbocycles. The third kappa shape index (κ3) is 2.23. The van der Waals surface area contributed by atoms with Gasteiger partial charge in [-0.2, -0.15) is 0 Å². The fraction of sp³-hybridized carbons (Fsp3) is 0.250. The number of nitrogens with one attached hydrogen (secondary N) is 1. The Hall–Kier alpha value is -2.14. The average Bonchev–Trinajstić information content (AvgIpc) is 2.89. The first kappa shape index (κ1) is 12.6. The number of nitrogens with zero attached hydrogens (tertiary/aromatic N) is 2. The van der Waals surface area contributed by atoms with Crippen LogP contribution in [0.15, 0.2) is 30.6 Å². The van der Waals surface area contributed by atoms with E-state index >= 15 is 0 Å². The Morgan fingerprint density at radius 3 is 2.71 bits per heavy atom. The van der Waals surface area contributed by atoms with Crippen LogP contribution >= 0.6 is 11.3 Å². The van der Waals surface area contributed by atoms with Gasteiger partial charge in [-0.3, -0.25) is 0 Å². The molecule has 0 fully saturated rings. The SMILES string of the molecule is Oc1ccc(Nc2ncnc3sc4c(c23)CCCC4)cc1. The molecule has 0 aliphatic heterocycles. The number of aromatic nitrogens is 2. The van der Waals surface area contributed by atoms with E-state index in [0.29, 0.717) is 0 Å². The summed E-state index contributed by atoms with van der Waals surface area (Å²) in [7, 11) is 0. The molecule has 0 amide bonds. The van der Waals surface area contributed by atoms with Gasteiger partial charge in [0.05, 0.1) is 5.39 Å². The molecule has 4 rings (SSSR count). The highest BCUT2D eigenvalue weighted by molar-refractivity contribution is 7.19. The molecule has 2 aromatic heterocycles. The fourth-order valence-corrected chi connectivity index (χ4v) is 4.10. The first-order valence-corrected chi connectivity index (χ1v) is 7.94. The van der Waals surface area contributed by atoms with E-state index in [1.807, 2.05) is 12.1 Å². The van der Waals surface area contributed by atoms with Crippen molar-refractivity contribution in [2.45, 2.75) is 25.7 Å². The lowest BCUT2D eigenvalue weighted by atomic mass is 9.97. The Morgan fingerprint density at radius 1 is 1.05 bits per heavy atom. The molecule has 4 nitrogen and oxygen atoms in total. The number of hydrogen-bond acceptors (Lipinski definition) is 5. The van der Waals surface area contributed by atoms with Crippen LogP contribution in [0.5, 0.6) is 5.75 Å². The van der Waals surface area contributed by atoms with Gasteiger partial charge in [0.15, 0.2) is 0 Å². The van der Waals surface area contributed by atoms with Crippen molar-refractivity contribution in [3.8, 4) is 5.75 Å². The van der Waals surface area contributed by atoms with Gasteiger partial charge in [-0.15, -0.1) is 11.3 Å². The van der Waals surface area contributed by atoms with Crippen LogP contribution < -0.4 is 5.32 Å². The van der Waals surface area contributed by atoms with E-state index in [2.05, 4.69) is 15.3 Å². The third-order valence-electron chi connectivity index (χ3n) is 3.88. The minimum atomic E-state index is 0.265. The minimum absolute atomic E-state index is 0.265. The molecule has 0 saturated heterocycles. The van der Waals surface area contributed by atoms with Crippen molar-refractivity contribution in [3.63, 3.8) is 0 Å². The van der Waals surface area contributed by atoms with E-state index in [0.717, 1.165) is 29.2 Å². The maximum Gasteiger partial charge on any atom is 0.142 e. The summed E-state index contributed by atoms with van der Waals surface area (Å²) in [6, 6.07) is 7.04. The van der Waals surface area contributed by atoms with Crippen molar-refractivity contribution < 1.29 is 5.11 Å². The maximum absolute atomic E-state index is 9.37. The van der Waals surface area contributed by atoms with Crippen molar-refractivity contribution in [2.24, 2.45) is 0 Å². The van der Waals surface area contributed by atoms with Crippen molar-refractivity contribution in [1.29, 1.82) is 0 Å². The molecule has 2 N–H and O–H groups in total. The molecule has 1 aliphatic carbocycles. The van der Waals surface area contributed by atoms with Crippen LogP contribution in [0.4, 0.5) is 11.5 Å². The molecular formula is C16H15N3OS. The Bertz CT molecular complexity index is 795. The highest BCUT2D eigenvalue weighted by atomic mass is 32.1. The molecule has 0 spiro atoms. The van der Waals surface area contributed by atoms with Crippen LogP contribution in [0.3, 0.4) is 0 Å². The summed E-state index contributed by atoms with van der Waals surface area (Å²) >= 11 is 1.80. The van der Waals surface area contributed by atoms with E-state index in [4.69, 9.17) is 0 Å². The lowest BCUT2D eigenvalue weighted by Gasteiger charge is -2.12. The van der Waals surface area contributed by atoms with Crippen LogP contribution in [-0.4, -0.2) is 15.1 Å². The quantitative estimate of drug-likeness (QED) is 0.701.